The monoisotopic (exact) mass is 239 g/mol. The maximum Gasteiger partial charge on any atom is 0.0469 e. The molecule has 2 rings (SSSR count). The van der Waals surface area contributed by atoms with Crippen LogP contribution in [0.15, 0.2) is 11.4 Å². The molecule has 1 aromatic heterocycles. The molecular weight excluding hydrogens is 218 g/mol. The maximum absolute atomic E-state index is 5.35. The first-order chi connectivity index (χ1) is 7.86. The molecule has 3 heteroatoms. The van der Waals surface area contributed by atoms with Gasteiger partial charge >= 0.3 is 0 Å². The number of hydrogen-bond acceptors (Lipinski definition) is 3. The average Bonchev–Trinajstić information content (AvgIpc) is 2.72. The van der Waals surface area contributed by atoms with Crippen LogP contribution in [0.4, 0.5) is 0 Å². The summed E-state index contributed by atoms with van der Waals surface area (Å²) < 4.78 is 5.35. The maximum atomic E-state index is 5.35. The van der Waals surface area contributed by atoms with Crippen LogP contribution in [0.3, 0.4) is 0 Å². The topological polar surface area (TPSA) is 21.3 Å². The molecule has 0 aliphatic carbocycles. The number of nitrogens with one attached hydrogen (secondary N) is 1. The van der Waals surface area contributed by atoms with Crippen molar-refractivity contribution in [1.82, 2.24) is 5.32 Å². The lowest BCUT2D eigenvalue weighted by Gasteiger charge is -2.22. The molecule has 16 heavy (non-hydrogen) atoms. The summed E-state index contributed by atoms with van der Waals surface area (Å²) in [5.41, 5.74) is 1.44. The third kappa shape index (κ3) is 3.58. The molecule has 0 bridgehead atoms. The van der Waals surface area contributed by atoms with E-state index in [0.29, 0.717) is 0 Å². The minimum atomic E-state index is 0.832. The van der Waals surface area contributed by atoms with Crippen molar-refractivity contribution in [3.63, 3.8) is 0 Å². The summed E-state index contributed by atoms with van der Waals surface area (Å²) in [5.74, 6) is 0.832. The van der Waals surface area contributed by atoms with E-state index < -0.39 is 0 Å². The van der Waals surface area contributed by atoms with Gasteiger partial charge in [-0.05, 0) is 62.2 Å². The summed E-state index contributed by atoms with van der Waals surface area (Å²) in [6, 6.07) is 2.21. The highest BCUT2D eigenvalue weighted by atomic mass is 32.1. The zero-order valence-corrected chi connectivity index (χ0v) is 10.8. The highest BCUT2D eigenvalue weighted by molar-refractivity contribution is 7.10. The second-order valence-corrected chi connectivity index (χ2v) is 5.54. The van der Waals surface area contributed by atoms with E-state index in [2.05, 4.69) is 23.7 Å². The van der Waals surface area contributed by atoms with Crippen LogP contribution in [0.2, 0.25) is 0 Å². The highest BCUT2D eigenvalue weighted by Crippen LogP contribution is 2.16. The van der Waals surface area contributed by atoms with Crippen molar-refractivity contribution in [3.05, 3.63) is 21.9 Å². The lowest BCUT2D eigenvalue weighted by molar-refractivity contribution is 0.0664. The van der Waals surface area contributed by atoms with Crippen molar-refractivity contribution in [2.75, 3.05) is 26.3 Å². The lowest BCUT2D eigenvalue weighted by atomic mass is 10.0. The van der Waals surface area contributed by atoms with Crippen LogP contribution < -0.4 is 5.32 Å². The molecule has 0 aromatic carbocycles. The van der Waals surface area contributed by atoms with Crippen LogP contribution in [0.25, 0.3) is 0 Å². The average molecular weight is 239 g/mol. The van der Waals surface area contributed by atoms with Crippen molar-refractivity contribution < 1.29 is 4.74 Å². The lowest BCUT2D eigenvalue weighted by Crippen LogP contribution is -2.29. The highest BCUT2D eigenvalue weighted by Gasteiger charge is 2.12. The van der Waals surface area contributed by atoms with E-state index in [1.54, 1.807) is 0 Å². The molecule has 0 amide bonds. The molecule has 1 N–H and O–H groups in total. The zero-order chi connectivity index (χ0) is 11.2. The number of aryl methyl sites for hydroxylation is 1. The van der Waals surface area contributed by atoms with Crippen molar-refractivity contribution in [2.45, 2.75) is 26.2 Å². The van der Waals surface area contributed by atoms with E-state index in [1.165, 1.54) is 29.7 Å². The summed E-state index contributed by atoms with van der Waals surface area (Å²) in [7, 11) is 0. The molecular formula is C13H21NOS. The fourth-order valence-electron chi connectivity index (χ4n) is 2.12. The Labute approximate surface area is 102 Å². The normalized spacial score (nSPS) is 17.8. The molecule has 90 valence electrons. The van der Waals surface area contributed by atoms with Crippen LogP contribution in [0.5, 0.6) is 0 Å². The second-order valence-electron chi connectivity index (χ2n) is 4.54. The predicted molar refractivity (Wildman–Crippen MR) is 69.2 cm³/mol. The van der Waals surface area contributed by atoms with E-state index in [-0.39, 0.29) is 0 Å². The van der Waals surface area contributed by atoms with Gasteiger partial charge in [-0.2, -0.15) is 0 Å². The van der Waals surface area contributed by atoms with Gasteiger partial charge in [-0.25, -0.2) is 0 Å². The molecule has 1 aliphatic heterocycles. The van der Waals surface area contributed by atoms with Gasteiger partial charge in [0.2, 0.25) is 0 Å². The van der Waals surface area contributed by atoms with E-state index in [9.17, 15) is 0 Å². The Balaban J connectivity index is 1.59. The summed E-state index contributed by atoms with van der Waals surface area (Å²) in [5, 5.41) is 5.76. The minimum absolute atomic E-state index is 0.832. The van der Waals surface area contributed by atoms with Gasteiger partial charge in [-0.1, -0.05) is 0 Å². The van der Waals surface area contributed by atoms with E-state index in [4.69, 9.17) is 4.74 Å². The van der Waals surface area contributed by atoms with Gasteiger partial charge in [-0.3, -0.25) is 0 Å². The van der Waals surface area contributed by atoms with Crippen LogP contribution in [-0.4, -0.2) is 26.3 Å². The smallest absolute Gasteiger partial charge is 0.0469 e. The SMILES string of the molecule is Cc1ccsc1CCNCC1CCOCC1. The Bertz CT molecular complexity index is 305. The predicted octanol–water partition coefficient (Wildman–Crippen LogP) is 2.62. The largest absolute Gasteiger partial charge is 0.381 e. The third-order valence-electron chi connectivity index (χ3n) is 3.27. The van der Waals surface area contributed by atoms with Gasteiger partial charge in [0.25, 0.3) is 0 Å². The zero-order valence-electron chi connectivity index (χ0n) is 10.00. The van der Waals surface area contributed by atoms with E-state index in [0.717, 1.165) is 32.2 Å². The summed E-state index contributed by atoms with van der Waals surface area (Å²) in [6.07, 6.45) is 3.63. The van der Waals surface area contributed by atoms with Crippen molar-refractivity contribution in [3.8, 4) is 0 Å². The summed E-state index contributed by atoms with van der Waals surface area (Å²) in [4.78, 5) is 1.53. The molecule has 0 saturated carbocycles. The Morgan fingerprint density at radius 3 is 2.94 bits per heavy atom. The minimum Gasteiger partial charge on any atom is -0.381 e. The molecule has 0 radical (unpaired) electrons. The van der Waals surface area contributed by atoms with Crippen molar-refractivity contribution >= 4 is 11.3 Å². The van der Waals surface area contributed by atoms with E-state index in [1.807, 2.05) is 11.3 Å². The molecule has 1 aromatic rings. The van der Waals surface area contributed by atoms with Crippen LogP contribution in [-0.2, 0) is 11.2 Å². The van der Waals surface area contributed by atoms with E-state index >= 15 is 0 Å². The Morgan fingerprint density at radius 2 is 2.25 bits per heavy atom. The van der Waals surface area contributed by atoms with Crippen molar-refractivity contribution in [2.24, 2.45) is 5.92 Å². The van der Waals surface area contributed by atoms with Gasteiger partial charge in [0.05, 0.1) is 0 Å². The van der Waals surface area contributed by atoms with Gasteiger partial charge in [0, 0.05) is 18.1 Å². The Hall–Kier alpha value is -0.380. The summed E-state index contributed by atoms with van der Waals surface area (Å²) in [6.45, 7) is 6.38. The second kappa shape index (κ2) is 6.38. The number of rotatable bonds is 5. The standard InChI is InChI=1S/C13H21NOS/c1-11-5-9-16-13(11)2-6-14-10-12-3-7-15-8-4-12/h5,9,12,14H,2-4,6-8,10H2,1H3. The van der Waals surface area contributed by atoms with Gasteiger partial charge in [-0.15, -0.1) is 11.3 Å². The van der Waals surface area contributed by atoms with Gasteiger partial charge < -0.3 is 10.1 Å². The quantitative estimate of drug-likeness (QED) is 0.798. The molecule has 0 spiro atoms. The fraction of sp³-hybridized carbons (Fsp3) is 0.692. The molecule has 1 saturated heterocycles. The number of thiophene rings is 1. The first-order valence-electron chi connectivity index (χ1n) is 6.17. The van der Waals surface area contributed by atoms with Crippen molar-refractivity contribution in [1.29, 1.82) is 0 Å². The number of hydrogen-bond donors (Lipinski definition) is 1. The van der Waals surface area contributed by atoms with Crippen LogP contribution in [0, 0.1) is 12.8 Å². The third-order valence-corrected chi connectivity index (χ3v) is 4.35. The van der Waals surface area contributed by atoms with Crippen LogP contribution >= 0.6 is 11.3 Å². The fourth-order valence-corrected chi connectivity index (χ4v) is 3.03. The van der Waals surface area contributed by atoms with Gasteiger partial charge in [0.1, 0.15) is 0 Å². The van der Waals surface area contributed by atoms with Gasteiger partial charge in [0.15, 0.2) is 0 Å². The molecule has 0 unspecified atom stereocenters. The first-order valence-corrected chi connectivity index (χ1v) is 7.05. The number of ether oxygens (including phenoxy) is 1. The summed E-state index contributed by atoms with van der Waals surface area (Å²) >= 11 is 1.88. The van der Waals surface area contributed by atoms with Crippen LogP contribution in [0.1, 0.15) is 23.3 Å². The molecule has 0 atom stereocenters. The molecule has 2 heterocycles. The molecule has 2 nitrogen and oxygen atoms in total. The first kappa shape index (κ1) is 12.1. The molecule has 1 aliphatic rings. The molecule has 1 fully saturated rings. The Kier molecular flexibility index (Phi) is 4.82. The Morgan fingerprint density at radius 1 is 1.44 bits per heavy atom.